The number of sulfone groups is 1. The highest BCUT2D eigenvalue weighted by Gasteiger charge is 2.42. The highest BCUT2D eigenvalue weighted by atomic mass is 35.5. The number of hydrogen-bond acceptors (Lipinski definition) is 2. The fourth-order valence-electron chi connectivity index (χ4n) is 2.75. The quantitative estimate of drug-likeness (QED) is 0.692. The second-order valence-corrected chi connectivity index (χ2v) is 7.55. The summed E-state index contributed by atoms with van der Waals surface area (Å²) < 4.78 is 23.1. The van der Waals surface area contributed by atoms with E-state index in [-0.39, 0.29) is 11.3 Å². The molecule has 4 heteroatoms. The number of halogens is 1. The van der Waals surface area contributed by atoms with Crippen LogP contribution in [-0.2, 0) is 9.84 Å². The lowest BCUT2D eigenvalue weighted by Crippen LogP contribution is -2.33. The molecular formula is C12H23ClO2S. The van der Waals surface area contributed by atoms with Gasteiger partial charge in [0.15, 0.2) is 9.84 Å². The van der Waals surface area contributed by atoms with Crippen molar-refractivity contribution in [2.24, 2.45) is 11.3 Å². The zero-order valence-corrected chi connectivity index (χ0v) is 11.9. The third-order valence-electron chi connectivity index (χ3n) is 4.10. The Hall–Kier alpha value is 0.240. The molecule has 1 saturated heterocycles. The van der Waals surface area contributed by atoms with Crippen molar-refractivity contribution in [2.75, 3.05) is 17.4 Å². The van der Waals surface area contributed by atoms with Gasteiger partial charge >= 0.3 is 0 Å². The van der Waals surface area contributed by atoms with Gasteiger partial charge in [-0.25, -0.2) is 8.42 Å². The summed E-state index contributed by atoms with van der Waals surface area (Å²) in [5.74, 6) is 1.61. The molecular weight excluding hydrogens is 244 g/mol. The predicted octanol–water partition coefficient (Wildman–Crippen LogP) is 3.25. The fraction of sp³-hybridized carbons (Fsp3) is 1.00. The van der Waals surface area contributed by atoms with E-state index in [1.165, 1.54) is 0 Å². The number of alkyl halides is 1. The van der Waals surface area contributed by atoms with Crippen LogP contribution in [0.5, 0.6) is 0 Å². The Morgan fingerprint density at radius 2 is 2.06 bits per heavy atom. The van der Waals surface area contributed by atoms with Gasteiger partial charge in [-0.2, -0.15) is 0 Å². The van der Waals surface area contributed by atoms with Crippen LogP contribution in [0, 0.1) is 11.3 Å². The molecule has 0 bridgehead atoms. The van der Waals surface area contributed by atoms with Crippen molar-refractivity contribution in [1.82, 2.24) is 0 Å². The van der Waals surface area contributed by atoms with Gasteiger partial charge in [-0.1, -0.05) is 26.7 Å². The maximum atomic E-state index is 11.6. The van der Waals surface area contributed by atoms with Gasteiger partial charge in [-0.15, -0.1) is 11.6 Å². The predicted molar refractivity (Wildman–Crippen MR) is 69.7 cm³/mol. The van der Waals surface area contributed by atoms with Gasteiger partial charge in [-0.05, 0) is 30.6 Å². The molecule has 0 aromatic heterocycles. The van der Waals surface area contributed by atoms with Crippen LogP contribution >= 0.6 is 11.6 Å². The lowest BCUT2D eigenvalue weighted by Gasteiger charge is -2.36. The molecule has 1 fully saturated rings. The molecule has 16 heavy (non-hydrogen) atoms. The molecule has 0 saturated carbocycles. The number of hydrogen-bond donors (Lipinski definition) is 0. The molecule has 1 aliphatic rings. The largest absolute Gasteiger partial charge is 0.229 e. The molecule has 0 aromatic carbocycles. The van der Waals surface area contributed by atoms with Gasteiger partial charge in [0, 0.05) is 5.88 Å². The first-order valence-electron chi connectivity index (χ1n) is 6.26. The van der Waals surface area contributed by atoms with Gasteiger partial charge in [0.05, 0.1) is 11.5 Å². The molecule has 1 aliphatic heterocycles. The SMILES string of the molecule is CCCCC(CC)(CCl)C1CCS(=O)(=O)C1. The number of unbranched alkanes of at least 4 members (excludes halogenated alkanes) is 1. The number of rotatable bonds is 6. The third-order valence-corrected chi connectivity index (χ3v) is 6.40. The summed E-state index contributed by atoms with van der Waals surface area (Å²) in [6.07, 6.45) is 5.18. The molecule has 96 valence electrons. The first-order chi connectivity index (χ1) is 7.49. The molecule has 2 nitrogen and oxygen atoms in total. The van der Waals surface area contributed by atoms with Crippen LogP contribution in [0.15, 0.2) is 0 Å². The molecule has 0 spiro atoms. The van der Waals surface area contributed by atoms with E-state index in [4.69, 9.17) is 11.6 Å². The van der Waals surface area contributed by atoms with Gasteiger partial charge in [0.25, 0.3) is 0 Å². The monoisotopic (exact) mass is 266 g/mol. The van der Waals surface area contributed by atoms with Crippen molar-refractivity contribution in [3.8, 4) is 0 Å². The smallest absolute Gasteiger partial charge is 0.150 e. The summed E-state index contributed by atoms with van der Waals surface area (Å²) in [7, 11) is -2.78. The highest BCUT2D eigenvalue weighted by Crippen LogP contribution is 2.43. The van der Waals surface area contributed by atoms with Crippen molar-refractivity contribution >= 4 is 21.4 Å². The molecule has 1 rings (SSSR count). The van der Waals surface area contributed by atoms with Crippen LogP contribution in [0.4, 0.5) is 0 Å². The average Bonchev–Trinajstić information content (AvgIpc) is 2.62. The Morgan fingerprint density at radius 1 is 1.38 bits per heavy atom. The van der Waals surface area contributed by atoms with E-state index < -0.39 is 9.84 Å². The van der Waals surface area contributed by atoms with E-state index in [1.54, 1.807) is 0 Å². The summed E-state index contributed by atoms with van der Waals surface area (Å²) in [6.45, 7) is 4.31. The Labute approximate surface area is 105 Å². The maximum absolute atomic E-state index is 11.6. The minimum Gasteiger partial charge on any atom is -0.229 e. The summed E-state index contributed by atoms with van der Waals surface area (Å²) >= 11 is 6.14. The zero-order valence-electron chi connectivity index (χ0n) is 10.3. The molecule has 0 aliphatic carbocycles. The molecule has 2 atom stereocenters. The van der Waals surface area contributed by atoms with Crippen LogP contribution in [0.3, 0.4) is 0 Å². The standard InChI is InChI=1S/C12H23ClO2S/c1-3-5-7-12(4-2,10-13)11-6-8-16(14,15)9-11/h11H,3-10H2,1-2H3. The van der Waals surface area contributed by atoms with E-state index in [0.717, 1.165) is 32.1 Å². The molecule has 0 N–H and O–H groups in total. The normalized spacial score (nSPS) is 27.8. The van der Waals surface area contributed by atoms with E-state index in [2.05, 4.69) is 13.8 Å². The van der Waals surface area contributed by atoms with Crippen LogP contribution < -0.4 is 0 Å². The third kappa shape index (κ3) is 3.13. The minimum atomic E-state index is -2.78. The summed E-state index contributed by atoms with van der Waals surface area (Å²) in [5, 5.41) is 0. The van der Waals surface area contributed by atoms with Crippen molar-refractivity contribution in [1.29, 1.82) is 0 Å². The van der Waals surface area contributed by atoms with Gasteiger partial charge in [-0.3, -0.25) is 0 Å². The Bertz CT molecular complexity index is 307. The van der Waals surface area contributed by atoms with Crippen molar-refractivity contribution in [2.45, 2.75) is 46.0 Å². The van der Waals surface area contributed by atoms with Crippen molar-refractivity contribution in [3.63, 3.8) is 0 Å². The van der Waals surface area contributed by atoms with Crippen LogP contribution in [0.25, 0.3) is 0 Å². The molecule has 0 radical (unpaired) electrons. The first-order valence-corrected chi connectivity index (χ1v) is 8.61. The summed E-state index contributed by atoms with van der Waals surface area (Å²) in [5.41, 5.74) is 0.0567. The fourth-order valence-corrected chi connectivity index (χ4v) is 5.23. The Balaban J connectivity index is 2.77. The molecule has 0 aromatic rings. The van der Waals surface area contributed by atoms with Crippen LogP contribution in [0.1, 0.15) is 46.0 Å². The summed E-state index contributed by atoms with van der Waals surface area (Å²) in [6, 6.07) is 0. The molecule has 1 heterocycles. The van der Waals surface area contributed by atoms with E-state index in [1.807, 2.05) is 0 Å². The minimum absolute atomic E-state index is 0.0567. The lowest BCUT2D eigenvalue weighted by molar-refractivity contribution is 0.179. The van der Waals surface area contributed by atoms with Crippen LogP contribution in [-0.4, -0.2) is 25.8 Å². The first kappa shape index (κ1) is 14.3. The van der Waals surface area contributed by atoms with E-state index >= 15 is 0 Å². The van der Waals surface area contributed by atoms with Crippen molar-refractivity contribution in [3.05, 3.63) is 0 Å². The Kier molecular flexibility index (Phi) is 5.11. The summed E-state index contributed by atoms with van der Waals surface area (Å²) in [4.78, 5) is 0. The van der Waals surface area contributed by atoms with E-state index in [0.29, 0.717) is 17.4 Å². The van der Waals surface area contributed by atoms with Gasteiger partial charge < -0.3 is 0 Å². The molecule has 0 amide bonds. The van der Waals surface area contributed by atoms with Crippen molar-refractivity contribution < 1.29 is 8.42 Å². The second-order valence-electron chi connectivity index (χ2n) is 5.05. The average molecular weight is 267 g/mol. The van der Waals surface area contributed by atoms with Gasteiger partial charge in [0.1, 0.15) is 0 Å². The van der Waals surface area contributed by atoms with Gasteiger partial charge in [0.2, 0.25) is 0 Å². The van der Waals surface area contributed by atoms with E-state index in [9.17, 15) is 8.42 Å². The Morgan fingerprint density at radius 3 is 2.44 bits per heavy atom. The lowest BCUT2D eigenvalue weighted by atomic mass is 9.71. The molecule has 2 unspecified atom stereocenters. The van der Waals surface area contributed by atoms with Crippen LogP contribution in [0.2, 0.25) is 0 Å². The topological polar surface area (TPSA) is 34.1 Å². The zero-order chi connectivity index (χ0) is 12.2. The highest BCUT2D eigenvalue weighted by molar-refractivity contribution is 7.91. The maximum Gasteiger partial charge on any atom is 0.150 e. The second kappa shape index (κ2) is 5.72.